The number of carbonyl (C=O) groups is 3. The van der Waals surface area contributed by atoms with Crippen LogP contribution in [0.2, 0.25) is 0 Å². The Morgan fingerprint density at radius 3 is 2.60 bits per heavy atom. The summed E-state index contributed by atoms with van der Waals surface area (Å²) >= 11 is 0. The van der Waals surface area contributed by atoms with Crippen LogP contribution < -0.4 is 10.6 Å². The van der Waals surface area contributed by atoms with Gasteiger partial charge in [0.2, 0.25) is 18.3 Å². The number of hydrogen-bond acceptors (Lipinski definition) is 6. The highest BCUT2D eigenvalue weighted by Gasteiger charge is 2.31. The van der Waals surface area contributed by atoms with Crippen molar-refractivity contribution in [2.75, 3.05) is 18.4 Å². The summed E-state index contributed by atoms with van der Waals surface area (Å²) in [7, 11) is 0. The molecule has 1 fully saturated rings. The maximum atomic E-state index is 12.6. The second kappa shape index (κ2) is 8.52. The van der Waals surface area contributed by atoms with Crippen molar-refractivity contribution < 1.29 is 14.4 Å². The van der Waals surface area contributed by atoms with E-state index < -0.39 is 5.91 Å². The molecular formula is C22H19N5O3. The Kier molecular flexibility index (Phi) is 5.47. The summed E-state index contributed by atoms with van der Waals surface area (Å²) < 4.78 is 0. The molecule has 0 saturated carbocycles. The van der Waals surface area contributed by atoms with Gasteiger partial charge in [0.15, 0.2) is 0 Å². The van der Waals surface area contributed by atoms with Gasteiger partial charge in [-0.2, -0.15) is 0 Å². The van der Waals surface area contributed by atoms with Crippen LogP contribution >= 0.6 is 0 Å². The molecule has 0 spiro atoms. The lowest BCUT2D eigenvalue weighted by Gasteiger charge is -2.39. The second-order valence-corrected chi connectivity index (χ2v) is 6.89. The molecule has 0 aliphatic carbocycles. The quantitative estimate of drug-likeness (QED) is 0.483. The van der Waals surface area contributed by atoms with Crippen molar-refractivity contribution in [3.63, 3.8) is 0 Å². The van der Waals surface area contributed by atoms with E-state index in [2.05, 4.69) is 15.3 Å². The zero-order valence-electron chi connectivity index (χ0n) is 16.0. The van der Waals surface area contributed by atoms with Crippen molar-refractivity contribution in [1.29, 1.82) is 0 Å². The van der Waals surface area contributed by atoms with Crippen molar-refractivity contribution in [2.45, 2.75) is 6.04 Å². The van der Waals surface area contributed by atoms with Gasteiger partial charge in [-0.3, -0.25) is 19.7 Å². The molecule has 2 N–H and O–H groups in total. The van der Waals surface area contributed by atoms with Crippen LogP contribution in [0, 0.1) is 0 Å². The minimum Gasteiger partial charge on any atom is -0.348 e. The molecule has 0 atom stereocenters. The number of benzene rings is 2. The highest BCUT2D eigenvalue weighted by molar-refractivity contribution is 5.98. The number of hydrogen-bond donors (Lipinski definition) is 2. The molecule has 0 bridgehead atoms. The van der Waals surface area contributed by atoms with Crippen LogP contribution in [0.3, 0.4) is 0 Å². The summed E-state index contributed by atoms with van der Waals surface area (Å²) in [6.07, 6.45) is 4.94. The molecule has 4 rings (SSSR count). The highest BCUT2D eigenvalue weighted by atomic mass is 16.2. The summed E-state index contributed by atoms with van der Waals surface area (Å²) in [6.45, 7) is 1.14. The second-order valence-electron chi connectivity index (χ2n) is 6.89. The van der Waals surface area contributed by atoms with Gasteiger partial charge in [0, 0.05) is 36.3 Å². The monoisotopic (exact) mass is 401 g/mol. The van der Waals surface area contributed by atoms with E-state index in [0.717, 1.165) is 16.5 Å². The van der Waals surface area contributed by atoms with E-state index in [4.69, 9.17) is 0 Å². The molecule has 1 aliphatic rings. The average molecular weight is 401 g/mol. The zero-order valence-corrected chi connectivity index (χ0v) is 16.0. The summed E-state index contributed by atoms with van der Waals surface area (Å²) in [5.74, 6) is 0.00179. The molecule has 8 heteroatoms. The summed E-state index contributed by atoms with van der Waals surface area (Å²) in [5, 5.41) is 6.27. The Labute approximate surface area is 172 Å². The number of para-hydroxylation sites is 1. The number of nitrogens with zero attached hydrogens (tertiary/aromatic N) is 3. The maximum Gasteiger partial charge on any atom is 0.253 e. The van der Waals surface area contributed by atoms with E-state index in [9.17, 15) is 14.4 Å². The first-order valence-electron chi connectivity index (χ1n) is 9.42. The molecule has 30 heavy (non-hydrogen) atoms. The van der Waals surface area contributed by atoms with Crippen molar-refractivity contribution in [3.05, 3.63) is 71.9 Å². The van der Waals surface area contributed by atoms with Crippen molar-refractivity contribution in [1.82, 2.24) is 20.2 Å². The van der Waals surface area contributed by atoms with Gasteiger partial charge >= 0.3 is 0 Å². The smallest absolute Gasteiger partial charge is 0.253 e. The van der Waals surface area contributed by atoms with E-state index in [1.165, 1.54) is 6.08 Å². The molecule has 1 aliphatic heterocycles. The fraction of sp³-hybridized carbons (Fsp3) is 0.136. The van der Waals surface area contributed by atoms with Gasteiger partial charge < -0.3 is 10.2 Å². The Balaban J connectivity index is 1.31. The molecule has 0 unspecified atom stereocenters. The fourth-order valence-electron chi connectivity index (χ4n) is 3.16. The standard InChI is InChI=1S/C22H19N5O3/c28-14-24-20(29)10-7-15-5-8-16(9-6-15)21(30)27-12-18(13-27)25-22-23-11-17-3-1-2-4-19(17)26-22/h1-11,14,18H,12-13H2,(H,23,25,26)(H,24,28,29). The van der Waals surface area contributed by atoms with Gasteiger partial charge in [-0.25, -0.2) is 9.97 Å². The van der Waals surface area contributed by atoms with Gasteiger partial charge in [-0.05, 0) is 29.8 Å². The molecule has 3 amide bonds. The van der Waals surface area contributed by atoms with Crippen LogP contribution in [0.25, 0.3) is 17.0 Å². The first kappa shape index (κ1) is 19.3. The van der Waals surface area contributed by atoms with E-state index in [1.807, 2.05) is 29.6 Å². The van der Waals surface area contributed by atoms with E-state index in [0.29, 0.717) is 31.0 Å². The third-order valence-corrected chi connectivity index (χ3v) is 4.78. The summed E-state index contributed by atoms with van der Waals surface area (Å²) in [4.78, 5) is 44.6. The lowest BCUT2D eigenvalue weighted by atomic mass is 10.1. The molecule has 1 saturated heterocycles. The SMILES string of the molecule is O=CNC(=O)C=Cc1ccc(C(=O)N2CC(Nc3ncc4ccccc4n3)C2)cc1. The van der Waals surface area contributed by atoms with Crippen LogP contribution in [0.15, 0.2) is 60.8 Å². The third-order valence-electron chi connectivity index (χ3n) is 4.78. The first-order chi connectivity index (χ1) is 14.6. The maximum absolute atomic E-state index is 12.6. The van der Waals surface area contributed by atoms with Crippen LogP contribution in [-0.2, 0) is 9.59 Å². The lowest BCUT2D eigenvalue weighted by Crippen LogP contribution is -2.57. The molecule has 2 heterocycles. The van der Waals surface area contributed by atoms with Crippen LogP contribution in [0.5, 0.6) is 0 Å². The Morgan fingerprint density at radius 1 is 1.07 bits per heavy atom. The van der Waals surface area contributed by atoms with E-state index >= 15 is 0 Å². The summed E-state index contributed by atoms with van der Waals surface area (Å²) in [5.41, 5.74) is 2.20. The van der Waals surface area contributed by atoms with Crippen molar-refractivity contribution in [3.8, 4) is 0 Å². The number of anilines is 1. The van der Waals surface area contributed by atoms with Crippen molar-refractivity contribution in [2.24, 2.45) is 0 Å². The minimum absolute atomic E-state index is 0.0540. The van der Waals surface area contributed by atoms with Crippen LogP contribution in [0.4, 0.5) is 5.95 Å². The van der Waals surface area contributed by atoms with Crippen LogP contribution in [-0.4, -0.2) is 52.2 Å². The van der Waals surface area contributed by atoms with Gasteiger partial charge in [-0.15, -0.1) is 0 Å². The van der Waals surface area contributed by atoms with Crippen LogP contribution in [0.1, 0.15) is 15.9 Å². The number of likely N-dealkylation sites (tertiary alicyclic amines) is 1. The predicted octanol–water partition coefficient (Wildman–Crippen LogP) is 1.85. The molecule has 0 radical (unpaired) electrons. The number of rotatable bonds is 6. The predicted molar refractivity (Wildman–Crippen MR) is 113 cm³/mol. The number of aromatic nitrogens is 2. The van der Waals surface area contributed by atoms with Gasteiger partial charge in [0.25, 0.3) is 5.91 Å². The molecule has 8 nitrogen and oxygen atoms in total. The first-order valence-corrected chi connectivity index (χ1v) is 9.42. The molecule has 1 aromatic heterocycles. The van der Waals surface area contributed by atoms with E-state index in [-0.39, 0.29) is 11.9 Å². The van der Waals surface area contributed by atoms with E-state index in [1.54, 1.807) is 41.4 Å². The Morgan fingerprint density at radius 2 is 1.83 bits per heavy atom. The Hall–Kier alpha value is -4.07. The molecule has 2 aromatic carbocycles. The normalized spacial score (nSPS) is 13.8. The average Bonchev–Trinajstić information content (AvgIpc) is 2.74. The highest BCUT2D eigenvalue weighted by Crippen LogP contribution is 2.18. The molecule has 3 aromatic rings. The largest absolute Gasteiger partial charge is 0.348 e. The van der Waals surface area contributed by atoms with Gasteiger partial charge in [0.1, 0.15) is 0 Å². The lowest BCUT2D eigenvalue weighted by molar-refractivity contribution is -0.121. The van der Waals surface area contributed by atoms with Crippen molar-refractivity contribution >= 4 is 41.2 Å². The van der Waals surface area contributed by atoms with Gasteiger partial charge in [0.05, 0.1) is 11.6 Å². The number of amides is 3. The number of carbonyl (C=O) groups excluding carboxylic acids is 3. The number of nitrogens with one attached hydrogen (secondary N) is 2. The van der Waals surface area contributed by atoms with Gasteiger partial charge in [-0.1, -0.05) is 30.3 Å². The number of fused-ring (bicyclic) bond motifs is 1. The Bertz CT molecular complexity index is 1120. The fourth-order valence-corrected chi connectivity index (χ4v) is 3.16. The topological polar surface area (TPSA) is 104 Å². The molecular weight excluding hydrogens is 382 g/mol. The zero-order chi connectivity index (χ0) is 20.9. The summed E-state index contributed by atoms with van der Waals surface area (Å²) in [6, 6.07) is 14.8. The number of imide groups is 1. The molecule has 150 valence electrons. The minimum atomic E-state index is -0.500. The third kappa shape index (κ3) is 4.33.